The number of nitrogens with one attached hydrogen (secondary N) is 2. The van der Waals surface area contributed by atoms with Gasteiger partial charge in [-0.15, -0.1) is 0 Å². The molecule has 0 aromatic heterocycles. The minimum Gasteiger partial charge on any atom is -0.507 e. The fourth-order valence-corrected chi connectivity index (χ4v) is 5.34. The van der Waals surface area contributed by atoms with Crippen LogP contribution < -0.4 is 10.6 Å². The van der Waals surface area contributed by atoms with Crippen LogP contribution in [-0.2, 0) is 33.3 Å². The summed E-state index contributed by atoms with van der Waals surface area (Å²) >= 11 is 0. The monoisotopic (exact) mass is 580 g/mol. The molecule has 0 unspecified atom stereocenters. The van der Waals surface area contributed by atoms with Gasteiger partial charge in [-0.05, 0) is 109 Å². The fourth-order valence-electron chi connectivity index (χ4n) is 5.34. The van der Waals surface area contributed by atoms with Crippen molar-refractivity contribution in [3.63, 3.8) is 0 Å². The Labute approximate surface area is 254 Å². The molecule has 0 radical (unpaired) electrons. The van der Waals surface area contributed by atoms with Crippen LogP contribution in [0.3, 0.4) is 0 Å². The van der Waals surface area contributed by atoms with Gasteiger partial charge in [0.15, 0.2) is 0 Å². The molecule has 0 atom stereocenters. The molecule has 6 heteroatoms. The predicted octanol–water partition coefficient (Wildman–Crippen LogP) is 7.28. The number of phenolic OH excluding ortho intramolecular Hbond substituents is 2. The van der Waals surface area contributed by atoms with Gasteiger partial charge in [0.1, 0.15) is 11.5 Å². The summed E-state index contributed by atoms with van der Waals surface area (Å²) in [4.78, 5) is 24.9. The van der Waals surface area contributed by atoms with E-state index in [4.69, 9.17) is 0 Å². The van der Waals surface area contributed by atoms with Crippen molar-refractivity contribution in [2.24, 2.45) is 0 Å². The highest BCUT2D eigenvalue weighted by Gasteiger charge is 2.23. The van der Waals surface area contributed by atoms with E-state index in [0.717, 1.165) is 70.2 Å². The van der Waals surface area contributed by atoms with E-state index >= 15 is 0 Å². The quantitative estimate of drug-likeness (QED) is 0.187. The van der Waals surface area contributed by atoms with Gasteiger partial charge in [0.2, 0.25) is 11.8 Å². The van der Waals surface area contributed by atoms with Gasteiger partial charge in [0.05, 0.1) is 0 Å². The Balaban J connectivity index is 1.65. The van der Waals surface area contributed by atoms with Crippen molar-refractivity contribution >= 4 is 11.8 Å². The molecule has 2 amide bonds. The summed E-state index contributed by atoms with van der Waals surface area (Å²) in [5.74, 6) is 0.833. The lowest BCUT2D eigenvalue weighted by atomic mass is 9.82. The van der Waals surface area contributed by atoms with Crippen molar-refractivity contribution in [1.29, 1.82) is 0 Å². The van der Waals surface area contributed by atoms with Crippen LogP contribution in [0.15, 0.2) is 12.1 Å². The summed E-state index contributed by atoms with van der Waals surface area (Å²) in [6.45, 7) is 21.8. The van der Waals surface area contributed by atoms with Crippen LogP contribution in [-0.4, -0.2) is 35.1 Å². The first-order valence-corrected chi connectivity index (χ1v) is 15.6. The lowest BCUT2D eigenvalue weighted by Crippen LogP contribution is -2.25. The Hall–Kier alpha value is -3.02. The standard InChI is InChI=1S/C36H56N2O4/c1-23-25(3)33(41)29(35(5,6)7)21-27(23)15-17-31(39)37-19-13-11-12-14-20-38-32(40)18-16-28-22-30(36(8,9)10)34(42)26(4)24(28)2/h21-22,41-42H,11-20H2,1-10H3,(H,37,39)(H,38,40). The highest BCUT2D eigenvalue weighted by molar-refractivity contribution is 5.76. The van der Waals surface area contributed by atoms with E-state index in [1.165, 1.54) is 0 Å². The molecule has 0 aliphatic carbocycles. The maximum Gasteiger partial charge on any atom is 0.220 e. The Morgan fingerprint density at radius 3 is 1.24 bits per heavy atom. The minimum atomic E-state index is -0.162. The Kier molecular flexibility index (Phi) is 12.5. The van der Waals surface area contributed by atoms with Crippen molar-refractivity contribution in [1.82, 2.24) is 10.6 Å². The van der Waals surface area contributed by atoms with Crippen LogP contribution in [0.4, 0.5) is 0 Å². The maximum atomic E-state index is 12.4. The van der Waals surface area contributed by atoms with Crippen LogP contribution in [0.25, 0.3) is 0 Å². The van der Waals surface area contributed by atoms with Crippen molar-refractivity contribution in [3.8, 4) is 11.5 Å². The zero-order valence-electron chi connectivity index (χ0n) is 27.9. The van der Waals surface area contributed by atoms with Gasteiger partial charge < -0.3 is 20.8 Å². The van der Waals surface area contributed by atoms with E-state index in [1.807, 2.05) is 27.7 Å². The molecular weight excluding hydrogens is 524 g/mol. The molecule has 2 aromatic rings. The van der Waals surface area contributed by atoms with Crippen LogP contribution in [0, 0.1) is 27.7 Å². The Bertz CT molecular complexity index is 1150. The lowest BCUT2D eigenvalue weighted by molar-refractivity contribution is -0.121. The molecule has 0 aliphatic rings. The number of benzene rings is 2. The van der Waals surface area contributed by atoms with E-state index in [1.54, 1.807) is 0 Å². The number of unbranched alkanes of at least 4 members (excludes halogenated alkanes) is 3. The topological polar surface area (TPSA) is 98.7 Å². The van der Waals surface area contributed by atoms with Gasteiger partial charge in [0.25, 0.3) is 0 Å². The smallest absolute Gasteiger partial charge is 0.220 e. The highest BCUT2D eigenvalue weighted by Crippen LogP contribution is 2.37. The summed E-state index contributed by atoms with van der Waals surface area (Å²) in [6.07, 6.45) is 6.02. The van der Waals surface area contributed by atoms with E-state index in [9.17, 15) is 19.8 Å². The zero-order valence-corrected chi connectivity index (χ0v) is 27.9. The summed E-state index contributed by atoms with van der Waals surface area (Å²) in [5, 5.41) is 27.2. The molecule has 2 aromatic carbocycles. The SMILES string of the molecule is Cc1c(CCC(=O)NCCCCCCNC(=O)CCc2cc(C(C)(C)C)c(O)c(C)c2C)cc(C(C)(C)C)c(O)c1C. The first kappa shape index (κ1) is 35.2. The number of hydrogen-bond acceptors (Lipinski definition) is 4. The third kappa shape index (κ3) is 9.78. The summed E-state index contributed by atoms with van der Waals surface area (Å²) < 4.78 is 0. The number of rotatable bonds is 13. The Morgan fingerprint density at radius 2 is 0.929 bits per heavy atom. The lowest BCUT2D eigenvalue weighted by Gasteiger charge is -2.24. The second-order valence-electron chi connectivity index (χ2n) is 14.0. The average molecular weight is 581 g/mol. The third-order valence-electron chi connectivity index (χ3n) is 8.55. The summed E-state index contributed by atoms with van der Waals surface area (Å²) in [6, 6.07) is 4.11. The molecule has 0 saturated heterocycles. The van der Waals surface area contributed by atoms with Crippen LogP contribution in [0.1, 0.15) is 125 Å². The molecule has 6 nitrogen and oxygen atoms in total. The van der Waals surface area contributed by atoms with Crippen molar-refractivity contribution in [2.45, 2.75) is 131 Å². The second kappa shape index (κ2) is 14.9. The van der Waals surface area contributed by atoms with Gasteiger partial charge in [-0.1, -0.05) is 66.5 Å². The molecule has 0 heterocycles. The van der Waals surface area contributed by atoms with Crippen molar-refractivity contribution < 1.29 is 19.8 Å². The van der Waals surface area contributed by atoms with Crippen LogP contribution in [0.5, 0.6) is 11.5 Å². The van der Waals surface area contributed by atoms with Gasteiger partial charge in [-0.3, -0.25) is 9.59 Å². The van der Waals surface area contributed by atoms with E-state index in [2.05, 4.69) is 64.3 Å². The van der Waals surface area contributed by atoms with Gasteiger partial charge in [-0.25, -0.2) is 0 Å². The number of aromatic hydroxyl groups is 2. The van der Waals surface area contributed by atoms with Crippen molar-refractivity contribution in [3.05, 3.63) is 56.6 Å². The molecule has 2 rings (SSSR count). The van der Waals surface area contributed by atoms with E-state index < -0.39 is 0 Å². The fraction of sp³-hybridized carbons (Fsp3) is 0.611. The largest absolute Gasteiger partial charge is 0.507 e. The normalized spacial score (nSPS) is 12.0. The molecule has 4 N–H and O–H groups in total. The molecule has 0 spiro atoms. The van der Waals surface area contributed by atoms with Gasteiger partial charge in [-0.2, -0.15) is 0 Å². The van der Waals surface area contributed by atoms with Crippen LogP contribution >= 0.6 is 0 Å². The first-order valence-electron chi connectivity index (χ1n) is 15.6. The van der Waals surface area contributed by atoms with Crippen molar-refractivity contribution in [2.75, 3.05) is 13.1 Å². The third-order valence-corrected chi connectivity index (χ3v) is 8.55. The van der Waals surface area contributed by atoms with E-state index in [-0.39, 0.29) is 22.6 Å². The molecule has 42 heavy (non-hydrogen) atoms. The summed E-state index contributed by atoms with van der Waals surface area (Å²) in [7, 11) is 0. The molecule has 234 valence electrons. The number of hydrogen-bond donors (Lipinski definition) is 4. The molecule has 0 fully saturated rings. The molecule has 0 aliphatic heterocycles. The number of aryl methyl sites for hydroxylation is 2. The Morgan fingerprint density at radius 1 is 0.595 bits per heavy atom. The minimum absolute atomic E-state index is 0.0541. The number of phenols is 2. The molecule has 0 bridgehead atoms. The molecular formula is C36H56N2O4. The summed E-state index contributed by atoms with van der Waals surface area (Å²) in [5.41, 5.74) is 7.67. The number of carbonyl (C=O) groups excluding carboxylic acids is 2. The van der Waals surface area contributed by atoms with Crippen LogP contribution in [0.2, 0.25) is 0 Å². The zero-order chi connectivity index (χ0) is 31.8. The molecule has 0 saturated carbocycles. The second-order valence-corrected chi connectivity index (χ2v) is 14.0. The van der Waals surface area contributed by atoms with E-state index in [0.29, 0.717) is 50.3 Å². The number of carbonyl (C=O) groups is 2. The highest BCUT2D eigenvalue weighted by atomic mass is 16.3. The first-order chi connectivity index (χ1) is 19.4. The maximum absolute atomic E-state index is 12.4. The van der Waals surface area contributed by atoms with Gasteiger partial charge in [0, 0.05) is 25.9 Å². The van der Waals surface area contributed by atoms with Gasteiger partial charge >= 0.3 is 0 Å². The predicted molar refractivity (Wildman–Crippen MR) is 174 cm³/mol. The number of amides is 2. The average Bonchev–Trinajstić information content (AvgIpc) is 2.89.